The highest BCUT2D eigenvalue weighted by atomic mass is 16.5. The van der Waals surface area contributed by atoms with Crippen molar-refractivity contribution in [3.05, 3.63) is 36.0 Å². The highest BCUT2D eigenvalue weighted by Gasteiger charge is 2.24. The van der Waals surface area contributed by atoms with Crippen LogP contribution in [0.2, 0.25) is 0 Å². The van der Waals surface area contributed by atoms with Crippen molar-refractivity contribution in [3.8, 4) is 17.0 Å². The predicted octanol–water partition coefficient (Wildman–Crippen LogP) is 2.97. The van der Waals surface area contributed by atoms with Gasteiger partial charge in [0.05, 0.1) is 12.8 Å². The lowest BCUT2D eigenvalue weighted by Crippen LogP contribution is -2.38. The Balaban J connectivity index is 1.81. The quantitative estimate of drug-likeness (QED) is 0.875. The van der Waals surface area contributed by atoms with Crippen molar-refractivity contribution in [2.75, 3.05) is 20.2 Å². The van der Waals surface area contributed by atoms with E-state index in [1.165, 1.54) is 0 Å². The molecule has 0 N–H and O–H groups in total. The fourth-order valence-electron chi connectivity index (χ4n) is 2.94. The number of piperidine rings is 1. The van der Waals surface area contributed by atoms with Crippen LogP contribution in [0.25, 0.3) is 11.3 Å². The molecule has 1 saturated heterocycles. The number of benzene rings is 1. The molecule has 0 radical (unpaired) electrons. The van der Waals surface area contributed by atoms with Crippen molar-refractivity contribution < 1.29 is 9.53 Å². The molecule has 1 aromatic carbocycles. The zero-order valence-corrected chi connectivity index (χ0v) is 14.0. The van der Waals surface area contributed by atoms with Crippen LogP contribution in [0, 0.1) is 5.92 Å². The second-order valence-corrected chi connectivity index (χ2v) is 6.24. The average molecular weight is 313 g/mol. The van der Waals surface area contributed by atoms with E-state index in [0.717, 1.165) is 42.9 Å². The van der Waals surface area contributed by atoms with Gasteiger partial charge in [-0.3, -0.25) is 9.48 Å². The third-order valence-electron chi connectivity index (χ3n) is 4.56. The molecule has 1 aliphatic heterocycles. The second-order valence-electron chi connectivity index (χ2n) is 6.24. The van der Waals surface area contributed by atoms with Crippen LogP contribution in [0.5, 0.6) is 5.75 Å². The summed E-state index contributed by atoms with van der Waals surface area (Å²) < 4.78 is 6.85. The Morgan fingerprint density at radius 1 is 1.22 bits per heavy atom. The molecule has 5 heteroatoms. The normalized spacial score (nSPS) is 15.7. The van der Waals surface area contributed by atoms with Crippen molar-refractivity contribution in [2.24, 2.45) is 13.0 Å². The van der Waals surface area contributed by atoms with Gasteiger partial charge in [-0.1, -0.05) is 6.92 Å². The number of methoxy groups -OCH3 is 1. The summed E-state index contributed by atoms with van der Waals surface area (Å²) in [7, 11) is 3.47. The summed E-state index contributed by atoms with van der Waals surface area (Å²) in [4.78, 5) is 14.7. The highest BCUT2D eigenvalue weighted by Crippen LogP contribution is 2.24. The van der Waals surface area contributed by atoms with Crippen LogP contribution < -0.4 is 4.74 Å². The predicted molar refractivity (Wildman–Crippen MR) is 89.5 cm³/mol. The molecule has 1 fully saturated rings. The first-order chi connectivity index (χ1) is 11.1. The monoisotopic (exact) mass is 313 g/mol. The number of rotatable bonds is 3. The number of nitrogens with zero attached hydrogens (tertiary/aromatic N) is 3. The summed E-state index contributed by atoms with van der Waals surface area (Å²) in [6.45, 7) is 3.92. The molecule has 0 saturated carbocycles. The fraction of sp³-hybridized carbons (Fsp3) is 0.444. The molecular weight excluding hydrogens is 290 g/mol. The number of ether oxygens (including phenoxy) is 1. The molecule has 23 heavy (non-hydrogen) atoms. The Hall–Kier alpha value is -2.30. The minimum Gasteiger partial charge on any atom is -0.497 e. The maximum absolute atomic E-state index is 12.7. The minimum absolute atomic E-state index is 0.0756. The van der Waals surface area contributed by atoms with Gasteiger partial charge >= 0.3 is 0 Å². The number of carbonyl (C=O) groups is 1. The van der Waals surface area contributed by atoms with Gasteiger partial charge < -0.3 is 9.64 Å². The van der Waals surface area contributed by atoms with Gasteiger partial charge in [-0.2, -0.15) is 5.10 Å². The average Bonchev–Trinajstić information content (AvgIpc) is 2.97. The number of hydrogen-bond acceptors (Lipinski definition) is 3. The van der Waals surface area contributed by atoms with E-state index < -0.39 is 0 Å². The van der Waals surface area contributed by atoms with E-state index in [-0.39, 0.29) is 5.91 Å². The zero-order valence-electron chi connectivity index (χ0n) is 14.0. The van der Waals surface area contributed by atoms with Gasteiger partial charge in [0.15, 0.2) is 0 Å². The van der Waals surface area contributed by atoms with Gasteiger partial charge in [0, 0.05) is 25.7 Å². The highest BCUT2D eigenvalue weighted by molar-refractivity contribution is 5.93. The number of aryl methyl sites for hydroxylation is 1. The molecule has 1 aliphatic rings. The van der Waals surface area contributed by atoms with Crippen molar-refractivity contribution in [3.63, 3.8) is 0 Å². The van der Waals surface area contributed by atoms with Gasteiger partial charge in [0.2, 0.25) is 0 Å². The van der Waals surface area contributed by atoms with Crippen LogP contribution >= 0.6 is 0 Å². The standard InChI is InChI=1S/C18H23N3O2/c1-13-8-10-21(11-9-13)18(22)17-12-16(19-20(17)2)14-4-6-15(23-3)7-5-14/h4-7,12-13H,8-11H2,1-3H3. The van der Waals surface area contributed by atoms with Crippen molar-refractivity contribution in [2.45, 2.75) is 19.8 Å². The lowest BCUT2D eigenvalue weighted by atomic mass is 9.99. The maximum atomic E-state index is 12.7. The molecule has 1 aromatic heterocycles. The van der Waals surface area contributed by atoms with Crippen LogP contribution in [0.3, 0.4) is 0 Å². The van der Waals surface area contributed by atoms with Crippen LogP contribution in [0.1, 0.15) is 30.3 Å². The number of likely N-dealkylation sites (tertiary alicyclic amines) is 1. The summed E-state index contributed by atoms with van der Waals surface area (Å²) in [5, 5.41) is 4.50. The summed E-state index contributed by atoms with van der Waals surface area (Å²) in [5.41, 5.74) is 2.43. The number of hydrogen-bond donors (Lipinski definition) is 0. The third-order valence-corrected chi connectivity index (χ3v) is 4.56. The van der Waals surface area contributed by atoms with Gasteiger partial charge in [0.25, 0.3) is 5.91 Å². The van der Waals surface area contributed by atoms with Gasteiger partial charge in [-0.15, -0.1) is 0 Å². The van der Waals surface area contributed by atoms with E-state index in [9.17, 15) is 4.79 Å². The van der Waals surface area contributed by atoms with Crippen LogP contribution in [0.15, 0.2) is 30.3 Å². The molecule has 0 spiro atoms. The molecule has 0 aliphatic carbocycles. The SMILES string of the molecule is COc1ccc(-c2cc(C(=O)N3CCC(C)CC3)n(C)n2)cc1. The Labute approximate surface area is 136 Å². The summed E-state index contributed by atoms with van der Waals surface area (Å²) in [5.74, 6) is 1.59. The Morgan fingerprint density at radius 3 is 2.48 bits per heavy atom. The Bertz CT molecular complexity index is 683. The first-order valence-electron chi connectivity index (χ1n) is 8.06. The third kappa shape index (κ3) is 3.23. The van der Waals surface area contributed by atoms with Gasteiger partial charge in [-0.05, 0) is 49.1 Å². The van der Waals surface area contributed by atoms with Crippen molar-refractivity contribution in [1.82, 2.24) is 14.7 Å². The smallest absolute Gasteiger partial charge is 0.272 e. The van der Waals surface area contributed by atoms with Crippen LogP contribution in [-0.4, -0.2) is 40.8 Å². The molecule has 0 unspecified atom stereocenters. The number of aromatic nitrogens is 2. The number of amides is 1. The maximum Gasteiger partial charge on any atom is 0.272 e. The molecule has 1 amide bonds. The molecule has 5 nitrogen and oxygen atoms in total. The number of carbonyl (C=O) groups excluding carboxylic acids is 1. The first-order valence-corrected chi connectivity index (χ1v) is 8.06. The Morgan fingerprint density at radius 2 is 1.87 bits per heavy atom. The lowest BCUT2D eigenvalue weighted by Gasteiger charge is -2.30. The van der Waals surface area contributed by atoms with Gasteiger partial charge in [-0.25, -0.2) is 0 Å². The fourth-order valence-corrected chi connectivity index (χ4v) is 2.94. The van der Waals surface area contributed by atoms with E-state index in [1.54, 1.807) is 11.8 Å². The minimum atomic E-state index is 0.0756. The molecule has 0 bridgehead atoms. The molecular formula is C18H23N3O2. The molecule has 0 atom stereocenters. The van der Waals surface area contributed by atoms with Gasteiger partial charge in [0.1, 0.15) is 11.4 Å². The van der Waals surface area contributed by atoms with Crippen LogP contribution in [0.4, 0.5) is 0 Å². The molecule has 2 heterocycles. The van der Waals surface area contributed by atoms with E-state index in [0.29, 0.717) is 11.6 Å². The summed E-state index contributed by atoms with van der Waals surface area (Å²) in [6.07, 6.45) is 2.16. The van der Waals surface area contributed by atoms with Crippen molar-refractivity contribution in [1.29, 1.82) is 0 Å². The molecule has 122 valence electrons. The largest absolute Gasteiger partial charge is 0.497 e. The van der Waals surface area contributed by atoms with Crippen LogP contribution in [-0.2, 0) is 7.05 Å². The van der Waals surface area contributed by atoms with E-state index in [1.807, 2.05) is 42.3 Å². The molecule has 3 rings (SSSR count). The summed E-state index contributed by atoms with van der Waals surface area (Å²) >= 11 is 0. The zero-order chi connectivity index (χ0) is 16.4. The van der Waals surface area contributed by atoms with E-state index >= 15 is 0 Å². The topological polar surface area (TPSA) is 47.4 Å². The summed E-state index contributed by atoms with van der Waals surface area (Å²) in [6, 6.07) is 9.59. The lowest BCUT2D eigenvalue weighted by molar-refractivity contribution is 0.0686. The second kappa shape index (κ2) is 6.44. The Kier molecular flexibility index (Phi) is 4.37. The molecule has 2 aromatic rings. The van der Waals surface area contributed by atoms with Crippen molar-refractivity contribution >= 4 is 5.91 Å². The first kappa shape index (κ1) is 15.6. The van der Waals surface area contributed by atoms with E-state index in [4.69, 9.17) is 4.74 Å². The van der Waals surface area contributed by atoms with E-state index in [2.05, 4.69) is 12.0 Å².